The van der Waals surface area contributed by atoms with Gasteiger partial charge in [-0.1, -0.05) is 37.5 Å². The van der Waals surface area contributed by atoms with Crippen LogP contribution in [-0.4, -0.2) is 55.5 Å². The fraction of sp³-hybridized carbons (Fsp3) is 0.652. The highest BCUT2D eigenvalue weighted by Crippen LogP contribution is 2.26. The van der Waals surface area contributed by atoms with Crippen molar-refractivity contribution in [2.45, 2.75) is 57.9 Å². The van der Waals surface area contributed by atoms with E-state index in [2.05, 4.69) is 39.9 Å². The standard InChI is InChI=1S/C23H37N5O/c1-2-24-23(26-16-9-15-25-20-12-7-4-8-13-20)27-21-14-17-28(18-21)22(29)19-10-5-3-6-11-19/h4,7-8,12-13,19,21,25H,2-3,5-6,9-11,14-18H2,1H3,(H2,24,26,27). The van der Waals surface area contributed by atoms with Crippen LogP contribution in [0.2, 0.25) is 0 Å². The number of amides is 1. The third kappa shape index (κ3) is 6.94. The minimum Gasteiger partial charge on any atom is -0.385 e. The highest BCUT2D eigenvalue weighted by atomic mass is 16.2. The minimum absolute atomic E-state index is 0.265. The molecule has 0 spiro atoms. The van der Waals surface area contributed by atoms with Crippen molar-refractivity contribution in [2.24, 2.45) is 10.9 Å². The number of para-hydroxylation sites is 1. The minimum atomic E-state index is 0.265. The predicted molar refractivity (Wildman–Crippen MR) is 120 cm³/mol. The Bertz CT molecular complexity index is 642. The largest absolute Gasteiger partial charge is 0.385 e. The molecule has 1 saturated carbocycles. The highest BCUT2D eigenvalue weighted by molar-refractivity contribution is 5.81. The SMILES string of the molecule is CCNC(=NCCCNc1ccccc1)NC1CCN(C(=O)C2CCCCC2)C1. The Hall–Kier alpha value is -2.24. The molecule has 2 fully saturated rings. The zero-order chi connectivity index (χ0) is 20.3. The fourth-order valence-corrected chi connectivity index (χ4v) is 4.26. The van der Waals surface area contributed by atoms with Gasteiger partial charge in [-0.25, -0.2) is 0 Å². The first-order valence-electron chi connectivity index (χ1n) is 11.4. The number of likely N-dealkylation sites (tertiary alicyclic amines) is 1. The van der Waals surface area contributed by atoms with Crippen molar-refractivity contribution >= 4 is 17.6 Å². The summed E-state index contributed by atoms with van der Waals surface area (Å²) in [7, 11) is 0. The lowest BCUT2D eigenvalue weighted by molar-refractivity contribution is -0.135. The first-order chi connectivity index (χ1) is 14.3. The van der Waals surface area contributed by atoms with Crippen molar-refractivity contribution in [3.8, 4) is 0 Å². The van der Waals surface area contributed by atoms with Crippen LogP contribution in [0.1, 0.15) is 51.9 Å². The molecule has 1 saturated heterocycles. The van der Waals surface area contributed by atoms with Gasteiger partial charge in [-0.3, -0.25) is 9.79 Å². The number of rotatable bonds is 8. The van der Waals surface area contributed by atoms with E-state index in [0.717, 1.165) is 70.1 Å². The number of hydrogen-bond donors (Lipinski definition) is 3. The smallest absolute Gasteiger partial charge is 0.225 e. The molecule has 1 aliphatic heterocycles. The van der Waals surface area contributed by atoms with Crippen LogP contribution in [0.3, 0.4) is 0 Å². The molecule has 3 rings (SSSR count). The number of carbonyl (C=O) groups is 1. The predicted octanol–water partition coefficient (Wildman–Crippen LogP) is 3.22. The van der Waals surface area contributed by atoms with Gasteiger partial charge in [0.2, 0.25) is 5.91 Å². The highest BCUT2D eigenvalue weighted by Gasteiger charge is 2.31. The molecule has 0 bridgehead atoms. The second kappa shape index (κ2) is 11.7. The molecule has 160 valence electrons. The molecule has 1 amide bonds. The summed E-state index contributed by atoms with van der Waals surface area (Å²) in [5.74, 6) is 1.51. The summed E-state index contributed by atoms with van der Waals surface area (Å²) in [6.07, 6.45) is 7.84. The molecule has 6 nitrogen and oxygen atoms in total. The molecule has 1 aliphatic carbocycles. The van der Waals surface area contributed by atoms with E-state index < -0.39 is 0 Å². The second-order valence-corrected chi connectivity index (χ2v) is 8.16. The Morgan fingerprint density at radius 3 is 2.69 bits per heavy atom. The maximum atomic E-state index is 12.8. The van der Waals surface area contributed by atoms with Crippen LogP contribution >= 0.6 is 0 Å². The third-order valence-corrected chi connectivity index (χ3v) is 5.85. The Balaban J connectivity index is 1.40. The van der Waals surface area contributed by atoms with E-state index in [0.29, 0.717) is 11.9 Å². The zero-order valence-electron chi connectivity index (χ0n) is 17.8. The Morgan fingerprint density at radius 2 is 1.93 bits per heavy atom. The maximum Gasteiger partial charge on any atom is 0.225 e. The lowest BCUT2D eigenvalue weighted by Crippen LogP contribution is -2.45. The average molecular weight is 400 g/mol. The Labute approximate surface area is 175 Å². The molecule has 0 aromatic heterocycles. The van der Waals surface area contributed by atoms with Crippen molar-refractivity contribution < 1.29 is 4.79 Å². The number of carbonyl (C=O) groups excluding carboxylic acids is 1. The van der Waals surface area contributed by atoms with Crippen LogP contribution in [0, 0.1) is 5.92 Å². The van der Waals surface area contributed by atoms with Gasteiger partial charge in [0.1, 0.15) is 0 Å². The summed E-state index contributed by atoms with van der Waals surface area (Å²) in [5.41, 5.74) is 1.15. The van der Waals surface area contributed by atoms with Crippen molar-refractivity contribution in [3.05, 3.63) is 30.3 Å². The van der Waals surface area contributed by atoms with Crippen LogP contribution in [0.15, 0.2) is 35.3 Å². The van der Waals surface area contributed by atoms with Gasteiger partial charge in [-0.15, -0.1) is 0 Å². The second-order valence-electron chi connectivity index (χ2n) is 8.16. The summed E-state index contributed by atoms with van der Waals surface area (Å²) in [5, 5.41) is 10.3. The fourth-order valence-electron chi connectivity index (χ4n) is 4.26. The van der Waals surface area contributed by atoms with Gasteiger partial charge in [-0.2, -0.15) is 0 Å². The molecular weight excluding hydrogens is 362 g/mol. The summed E-state index contributed by atoms with van der Waals surface area (Å²) < 4.78 is 0. The van der Waals surface area contributed by atoms with Gasteiger partial charge in [0.05, 0.1) is 0 Å². The molecule has 1 heterocycles. The Morgan fingerprint density at radius 1 is 1.14 bits per heavy atom. The van der Waals surface area contributed by atoms with E-state index in [1.54, 1.807) is 0 Å². The van der Waals surface area contributed by atoms with Crippen LogP contribution in [0.25, 0.3) is 0 Å². The number of hydrogen-bond acceptors (Lipinski definition) is 3. The quantitative estimate of drug-likeness (QED) is 0.357. The van der Waals surface area contributed by atoms with E-state index in [-0.39, 0.29) is 5.92 Å². The van der Waals surface area contributed by atoms with Crippen LogP contribution in [0.4, 0.5) is 5.69 Å². The van der Waals surface area contributed by atoms with Gasteiger partial charge in [0.25, 0.3) is 0 Å². The van der Waals surface area contributed by atoms with Crippen molar-refractivity contribution in [1.29, 1.82) is 0 Å². The van der Waals surface area contributed by atoms with Gasteiger partial charge >= 0.3 is 0 Å². The lowest BCUT2D eigenvalue weighted by atomic mass is 9.88. The molecular formula is C23H37N5O. The van der Waals surface area contributed by atoms with Crippen LogP contribution in [0.5, 0.6) is 0 Å². The molecule has 1 aromatic rings. The maximum absolute atomic E-state index is 12.8. The summed E-state index contributed by atoms with van der Waals surface area (Å²) in [6, 6.07) is 10.6. The topological polar surface area (TPSA) is 68.8 Å². The molecule has 6 heteroatoms. The van der Waals surface area contributed by atoms with Crippen molar-refractivity contribution in [3.63, 3.8) is 0 Å². The number of anilines is 1. The van der Waals surface area contributed by atoms with E-state index in [1.165, 1.54) is 19.3 Å². The van der Waals surface area contributed by atoms with E-state index in [1.807, 2.05) is 18.2 Å². The Kier molecular flexibility index (Phi) is 8.65. The van der Waals surface area contributed by atoms with E-state index >= 15 is 0 Å². The zero-order valence-corrected chi connectivity index (χ0v) is 17.8. The van der Waals surface area contributed by atoms with Gasteiger partial charge in [0, 0.05) is 50.4 Å². The number of guanidine groups is 1. The average Bonchev–Trinajstić information content (AvgIpc) is 3.23. The van der Waals surface area contributed by atoms with Gasteiger partial charge in [-0.05, 0) is 44.7 Å². The van der Waals surface area contributed by atoms with Gasteiger partial charge in [0.15, 0.2) is 5.96 Å². The first-order valence-corrected chi connectivity index (χ1v) is 11.4. The number of benzene rings is 1. The number of aliphatic imine (C=N–C) groups is 1. The van der Waals surface area contributed by atoms with E-state index in [4.69, 9.17) is 4.99 Å². The molecule has 1 unspecified atom stereocenters. The van der Waals surface area contributed by atoms with Crippen LogP contribution < -0.4 is 16.0 Å². The molecule has 1 aromatic carbocycles. The third-order valence-electron chi connectivity index (χ3n) is 5.85. The van der Waals surface area contributed by atoms with Gasteiger partial charge < -0.3 is 20.9 Å². The summed E-state index contributed by atoms with van der Waals surface area (Å²) in [4.78, 5) is 19.6. The lowest BCUT2D eigenvalue weighted by Gasteiger charge is -2.26. The van der Waals surface area contributed by atoms with Crippen molar-refractivity contribution in [1.82, 2.24) is 15.5 Å². The molecule has 0 radical (unpaired) electrons. The normalized spacial score (nSPS) is 20.5. The molecule has 1 atom stereocenters. The summed E-state index contributed by atoms with van der Waals surface area (Å²) in [6.45, 7) is 6.27. The van der Waals surface area contributed by atoms with E-state index in [9.17, 15) is 4.79 Å². The molecule has 2 aliphatic rings. The molecule has 29 heavy (non-hydrogen) atoms. The monoisotopic (exact) mass is 399 g/mol. The summed E-state index contributed by atoms with van der Waals surface area (Å²) >= 11 is 0. The number of nitrogens with zero attached hydrogens (tertiary/aromatic N) is 2. The molecule has 3 N–H and O–H groups in total. The first kappa shape index (κ1) is 21.5. The van der Waals surface area contributed by atoms with Crippen LogP contribution in [-0.2, 0) is 4.79 Å². The van der Waals surface area contributed by atoms with Crippen molar-refractivity contribution in [2.75, 3.05) is 38.0 Å². The number of nitrogens with one attached hydrogen (secondary N) is 3.